The molecule has 29 heavy (non-hydrogen) atoms. The van der Waals surface area contributed by atoms with Gasteiger partial charge in [0.05, 0.1) is 0 Å². The number of piperidine rings is 1. The number of likely N-dealkylation sites (tertiary alicyclic amines) is 1. The molecule has 0 aliphatic carbocycles. The SMILES string of the molecule is CCN(CC)C(=O)C[C@@H]1CC2(CCN(C(=O)NC(C)C)CC2)Oc2ccccc21. The number of nitrogens with one attached hydrogen (secondary N) is 1. The average molecular weight is 402 g/mol. The second kappa shape index (κ2) is 9.06. The van der Waals surface area contributed by atoms with E-state index >= 15 is 0 Å². The summed E-state index contributed by atoms with van der Waals surface area (Å²) in [5.41, 5.74) is 0.843. The predicted molar refractivity (Wildman–Crippen MR) is 114 cm³/mol. The van der Waals surface area contributed by atoms with Crippen LogP contribution in [0.1, 0.15) is 64.9 Å². The first-order chi connectivity index (χ1) is 13.9. The average Bonchev–Trinajstić information content (AvgIpc) is 2.69. The maximum Gasteiger partial charge on any atom is 0.317 e. The first-order valence-electron chi connectivity index (χ1n) is 11.0. The van der Waals surface area contributed by atoms with Gasteiger partial charge in [-0.3, -0.25) is 4.79 Å². The van der Waals surface area contributed by atoms with Crippen LogP contribution in [0.5, 0.6) is 5.75 Å². The van der Waals surface area contributed by atoms with Crippen LogP contribution in [0.15, 0.2) is 24.3 Å². The third-order valence-electron chi connectivity index (χ3n) is 6.21. The van der Waals surface area contributed by atoms with Crippen molar-refractivity contribution in [2.75, 3.05) is 26.2 Å². The lowest BCUT2D eigenvalue weighted by atomic mass is 9.76. The third-order valence-corrected chi connectivity index (χ3v) is 6.21. The van der Waals surface area contributed by atoms with Crippen LogP contribution >= 0.6 is 0 Å². The van der Waals surface area contributed by atoms with Crippen molar-refractivity contribution < 1.29 is 14.3 Å². The Labute approximate surface area is 174 Å². The largest absolute Gasteiger partial charge is 0.487 e. The van der Waals surface area contributed by atoms with Gasteiger partial charge in [-0.15, -0.1) is 0 Å². The second-order valence-corrected chi connectivity index (χ2v) is 8.59. The fourth-order valence-corrected chi connectivity index (χ4v) is 4.60. The lowest BCUT2D eigenvalue weighted by Crippen LogP contribution is -2.54. The molecule has 3 amide bonds. The second-order valence-electron chi connectivity index (χ2n) is 8.59. The number of carbonyl (C=O) groups excluding carboxylic acids is 2. The highest BCUT2D eigenvalue weighted by Gasteiger charge is 2.44. The number of benzene rings is 1. The molecule has 0 unspecified atom stereocenters. The maximum absolute atomic E-state index is 12.8. The van der Waals surface area contributed by atoms with Crippen LogP contribution in [-0.4, -0.2) is 59.6 Å². The molecule has 0 radical (unpaired) electrons. The van der Waals surface area contributed by atoms with Crippen molar-refractivity contribution >= 4 is 11.9 Å². The van der Waals surface area contributed by atoms with Gasteiger partial charge < -0.3 is 19.9 Å². The Hall–Kier alpha value is -2.24. The summed E-state index contributed by atoms with van der Waals surface area (Å²) in [6.45, 7) is 10.8. The predicted octanol–water partition coefficient (Wildman–Crippen LogP) is 3.76. The molecule has 1 atom stereocenters. The minimum absolute atomic E-state index is 0.000629. The van der Waals surface area contributed by atoms with Crippen molar-refractivity contribution in [1.29, 1.82) is 0 Å². The molecule has 0 aromatic heterocycles. The Kier molecular flexibility index (Phi) is 6.70. The Morgan fingerprint density at radius 2 is 1.86 bits per heavy atom. The summed E-state index contributed by atoms with van der Waals surface area (Å²) >= 11 is 0. The Morgan fingerprint density at radius 3 is 2.48 bits per heavy atom. The van der Waals surface area contributed by atoms with Crippen molar-refractivity contribution in [2.45, 2.75) is 70.9 Å². The van der Waals surface area contributed by atoms with Gasteiger partial charge in [0.1, 0.15) is 11.4 Å². The van der Waals surface area contributed by atoms with Crippen molar-refractivity contribution in [3.8, 4) is 5.75 Å². The van der Waals surface area contributed by atoms with E-state index in [0.29, 0.717) is 19.5 Å². The van der Waals surface area contributed by atoms with Gasteiger partial charge in [-0.25, -0.2) is 4.79 Å². The van der Waals surface area contributed by atoms with Gasteiger partial charge in [-0.2, -0.15) is 0 Å². The smallest absolute Gasteiger partial charge is 0.317 e. The van der Waals surface area contributed by atoms with Crippen molar-refractivity contribution in [3.63, 3.8) is 0 Å². The first kappa shape index (κ1) is 21.5. The number of hydrogen-bond acceptors (Lipinski definition) is 3. The monoisotopic (exact) mass is 401 g/mol. The number of carbonyl (C=O) groups is 2. The van der Waals surface area contributed by atoms with Crippen LogP contribution in [0.4, 0.5) is 4.79 Å². The molecule has 6 nitrogen and oxygen atoms in total. The molecule has 1 aromatic carbocycles. The van der Waals surface area contributed by atoms with E-state index in [2.05, 4.69) is 11.4 Å². The zero-order chi connectivity index (χ0) is 21.0. The number of ether oxygens (including phenoxy) is 1. The van der Waals surface area contributed by atoms with E-state index in [1.807, 2.05) is 55.7 Å². The van der Waals surface area contributed by atoms with Crippen LogP contribution in [0.3, 0.4) is 0 Å². The van der Waals surface area contributed by atoms with E-state index in [4.69, 9.17) is 4.74 Å². The minimum atomic E-state index is -0.294. The van der Waals surface area contributed by atoms with Gasteiger partial charge in [0, 0.05) is 57.4 Å². The summed E-state index contributed by atoms with van der Waals surface area (Å²) in [5, 5.41) is 2.98. The summed E-state index contributed by atoms with van der Waals surface area (Å²) in [6.07, 6.45) is 2.93. The molecule has 2 aliphatic rings. The van der Waals surface area contributed by atoms with Gasteiger partial charge in [-0.1, -0.05) is 18.2 Å². The summed E-state index contributed by atoms with van der Waals surface area (Å²) < 4.78 is 6.51. The van der Waals surface area contributed by atoms with Gasteiger partial charge in [0.15, 0.2) is 0 Å². The maximum atomic E-state index is 12.8. The van der Waals surface area contributed by atoms with E-state index < -0.39 is 0 Å². The minimum Gasteiger partial charge on any atom is -0.487 e. The zero-order valence-electron chi connectivity index (χ0n) is 18.2. The zero-order valence-corrected chi connectivity index (χ0v) is 18.2. The molecule has 2 heterocycles. The normalized spacial score (nSPS) is 20.2. The van der Waals surface area contributed by atoms with Crippen LogP contribution in [-0.2, 0) is 4.79 Å². The number of fused-ring (bicyclic) bond motifs is 1. The number of amides is 3. The lowest BCUT2D eigenvalue weighted by molar-refractivity contribution is -0.131. The fraction of sp³-hybridized carbons (Fsp3) is 0.652. The van der Waals surface area contributed by atoms with Crippen LogP contribution in [0, 0.1) is 0 Å². The molecule has 1 N–H and O–H groups in total. The van der Waals surface area contributed by atoms with Gasteiger partial charge >= 0.3 is 6.03 Å². The van der Waals surface area contributed by atoms with E-state index in [-0.39, 0.29) is 29.5 Å². The number of rotatable bonds is 5. The molecule has 1 saturated heterocycles. The highest BCUT2D eigenvalue weighted by atomic mass is 16.5. The standard InChI is InChI=1S/C23H35N3O3/c1-5-25(6-2)21(27)15-18-16-23(29-20-10-8-7-9-19(18)20)11-13-26(14-12-23)22(28)24-17(3)4/h7-10,17-18H,5-6,11-16H2,1-4H3,(H,24,28)/t18-/m1/s1. The van der Waals surface area contributed by atoms with E-state index in [0.717, 1.165) is 43.7 Å². The van der Waals surface area contributed by atoms with Crippen molar-refractivity contribution in [2.24, 2.45) is 0 Å². The highest BCUT2D eigenvalue weighted by Crippen LogP contribution is 2.46. The topological polar surface area (TPSA) is 61.9 Å². The number of para-hydroxylation sites is 1. The highest BCUT2D eigenvalue weighted by molar-refractivity contribution is 5.77. The molecule has 1 spiro atoms. The summed E-state index contributed by atoms with van der Waals surface area (Å²) in [5.74, 6) is 1.26. The quantitative estimate of drug-likeness (QED) is 0.817. The molecular formula is C23H35N3O3. The van der Waals surface area contributed by atoms with E-state index in [9.17, 15) is 9.59 Å². The van der Waals surface area contributed by atoms with Gasteiger partial charge in [0.2, 0.25) is 5.91 Å². The van der Waals surface area contributed by atoms with E-state index in [1.165, 1.54) is 0 Å². The summed E-state index contributed by atoms with van der Waals surface area (Å²) in [7, 11) is 0. The Balaban J connectivity index is 1.74. The molecule has 0 bridgehead atoms. The number of hydrogen-bond donors (Lipinski definition) is 1. The third kappa shape index (κ3) is 4.85. The number of nitrogens with zero attached hydrogens (tertiary/aromatic N) is 2. The molecule has 1 fully saturated rings. The van der Waals surface area contributed by atoms with Crippen molar-refractivity contribution in [1.82, 2.24) is 15.1 Å². The number of urea groups is 1. The Bertz CT molecular complexity index is 722. The summed E-state index contributed by atoms with van der Waals surface area (Å²) in [4.78, 5) is 29.0. The fourth-order valence-electron chi connectivity index (χ4n) is 4.60. The van der Waals surface area contributed by atoms with Crippen molar-refractivity contribution in [3.05, 3.63) is 29.8 Å². The van der Waals surface area contributed by atoms with Crippen LogP contribution in [0.2, 0.25) is 0 Å². The van der Waals surface area contributed by atoms with Gasteiger partial charge in [0.25, 0.3) is 0 Å². The molecule has 6 heteroatoms. The summed E-state index contributed by atoms with van der Waals surface area (Å²) in [6, 6.07) is 8.25. The molecular weight excluding hydrogens is 366 g/mol. The lowest BCUT2D eigenvalue weighted by Gasteiger charge is -2.47. The first-order valence-corrected chi connectivity index (χ1v) is 11.0. The van der Waals surface area contributed by atoms with E-state index in [1.54, 1.807) is 0 Å². The van der Waals surface area contributed by atoms with Gasteiger partial charge in [-0.05, 0) is 45.7 Å². The molecule has 0 saturated carbocycles. The van der Waals surface area contributed by atoms with Crippen LogP contribution < -0.4 is 10.1 Å². The molecule has 2 aliphatic heterocycles. The molecule has 3 rings (SSSR count). The molecule has 160 valence electrons. The molecule has 1 aromatic rings. The Morgan fingerprint density at radius 1 is 1.21 bits per heavy atom. The van der Waals surface area contributed by atoms with Crippen LogP contribution in [0.25, 0.3) is 0 Å².